The van der Waals surface area contributed by atoms with E-state index >= 15 is 0 Å². The molecule has 0 spiro atoms. The maximum Gasteiger partial charge on any atom is 0.258 e. The van der Waals surface area contributed by atoms with Gasteiger partial charge in [0.15, 0.2) is 11.2 Å². The van der Waals surface area contributed by atoms with Crippen molar-refractivity contribution in [2.45, 2.75) is 12.3 Å². The van der Waals surface area contributed by atoms with Crippen LogP contribution in [0, 0.1) is 10.1 Å². The number of hydrazine groups is 1. The van der Waals surface area contributed by atoms with Gasteiger partial charge in [0.05, 0.1) is 0 Å². The third kappa shape index (κ3) is 1.25. The molecule has 0 aliphatic carbocycles. The zero-order chi connectivity index (χ0) is 11.1. The molecule has 3 rings (SSSR count). The number of nitrogens with one attached hydrogen (secondary N) is 4. The minimum Gasteiger partial charge on any atom is -0.341 e. The molecule has 0 aromatic carbocycles. The van der Waals surface area contributed by atoms with Gasteiger partial charge < -0.3 is 16.0 Å². The highest BCUT2D eigenvalue weighted by molar-refractivity contribution is 5.83. The fourth-order valence-corrected chi connectivity index (χ4v) is 1.52. The Kier molecular flexibility index (Phi) is 1.60. The Hall–Kier alpha value is -2.59. The fraction of sp³-hybridized carbons (Fsp3) is 0.400. The van der Waals surface area contributed by atoms with Gasteiger partial charge in [-0.3, -0.25) is 0 Å². The molecule has 0 saturated carbocycles. The molecule has 0 saturated heterocycles. The summed E-state index contributed by atoms with van der Waals surface area (Å²) in [5.41, 5.74) is 1.93. The van der Waals surface area contributed by atoms with Gasteiger partial charge in [-0.05, 0) is 10.3 Å². The molecule has 1 aromatic heterocycles. The molecule has 11 heteroatoms. The van der Waals surface area contributed by atoms with Crippen LogP contribution in [0.5, 0.6) is 0 Å². The maximum absolute atomic E-state index is 10.2. The predicted molar refractivity (Wildman–Crippen MR) is 49.8 cm³/mol. The lowest BCUT2D eigenvalue weighted by atomic mass is 10.3. The molecule has 16 heavy (non-hydrogen) atoms. The van der Waals surface area contributed by atoms with E-state index in [4.69, 9.17) is 0 Å². The number of anilines is 2. The van der Waals surface area contributed by atoms with Crippen molar-refractivity contribution in [2.24, 2.45) is 4.99 Å². The summed E-state index contributed by atoms with van der Waals surface area (Å²) in [5, 5.41) is 25.3. The molecule has 84 valence electrons. The smallest absolute Gasteiger partial charge is 0.258 e. The summed E-state index contributed by atoms with van der Waals surface area (Å²) >= 11 is 0. The summed E-state index contributed by atoms with van der Waals surface area (Å²) in [6.45, 7) is 0. The van der Waals surface area contributed by atoms with Gasteiger partial charge in [0.25, 0.3) is 5.96 Å². The fourth-order valence-electron chi connectivity index (χ4n) is 1.52. The monoisotopic (exact) mass is 226 g/mol. The molecule has 2 atom stereocenters. The van der Waals surface area contributed by atoms with Crippen LogP contribution in [0.25, 0.3) is 0 Å². The highest BCUT2D eigenvalue weighted by Crippen LogP contribution is 2.25. The van der Waals surface area contributed by atoms with Crippen LogP contribution in [-0.4, -0.2) is 33.6 Å². The number of fused-ring (bicyclic) bond motifs is 2. The third-order valence-electron chi connectivity index (χ3n) is 2.14. The van der Waals surface area contributed by atoms with Gasteiger partial charge in [0.2, 0.25) is 11.6 Å². The number of nitro groups is 1. The second-order valence-electron chi connectivity index (χ2n) is 3.16. The van der Waals surface area contributed by atoms with Gasteiger partial charge >= 0.3 is 0 Å². The first-order chi connectivity index (χ1) is 7.72. The van der Waals surface area contributed by atoms with E-state index in [1.807, 2.05) is 5.43 Å². The van der Waals surface area contributed by atoms with Crippen molar-refractivity contribution in [1.29, 1.82) is 0 Å². The SMILES string of the molecule is O=[N+]([O-])NC1=N[C@H]2Nc3nonc3N[C@H]2N1. The van der Waals surface area contributed by atoms with E-state index in [2.05, 4.69) is 35.9 Å². The summed E-state index contributed by atoms with van der Waals surface area (Å²) < 4.78 is 4.50. The molecular weight excluding hydrogens is 220 g/mol. The molecule has 11 nitrogen and oxygen atoms in total. The van der Waals surface area contributed by atoms with Crippen LogP contribution in [0.15, 0.2) is 9.62 Å². The molecule has 0 bridgehead atoms. The van der Waals surface area contributed by atoms with Crippen molar-refractivity contribution in [3.05, 3.63) is 10.1 Å². The van der Waals surface area contributed by atoms with Crippen LogP contribution in [-0.2, 0) is 0 Å². The van der Waals surface area contributed by atoms with Crippen LogP contribution in [0.1, 0.15) is 0 Å². The lowest BCUT2D eigenvalue weighted by Gasteiger charge is -2.24. The molecule has 2 aliphatic heterocycles. The third-order valence-corrected chi connectivity index (χ3v) is 2.14. The van der Waals surface area contributed by atoms with Crippen LogP contribution >= 0.6 is 0 Å². The van der Waals surface area contributed by atoms with E-state index in [-0.39, 0.29) is 12.1 Å². The number of aromatic nitrogens is 2. The largest absolute Gasteiger partial charge is 0.341 e. The van der Waals surface area contributed by atoms with Crippen molar-refractivity contribution in [2.75, 3.05) is 10.6 Å². The second kappa shape index (κ2) is 2.95. The molecule has 0 fully saturated rings. The Labute approximate surface area is 87.4 Å². The van der Waals surface area contributed by atoms with E-state index in [1.165, 1.54) is 0 Å². The standard InChI is InChI=1S/C5H6N8O3/c14-13(15)10-5-8-1-2(9-5)7-4-3(6-1)11-16-12-4/h1-2H,(H,6,11)(H,7,12)(H2,8,9,10)/t1-,2+. The minimum atomic E-state index is -0.692. The molecule has 3 heterocycles. The van der Waals surface area contributed by atoms with Crippen LogP contribution in [0.3, 0.4) is 0 Å². The maximum atomic E-state index is 10.2. The van der Waals surface area contributed by atoms with Gasteiger partial charge in [-0.1, -0.05) is 5.43 Å². The first-order valence-electron chi connectivity index (χ1n) is 4.33. The van der Waals surface area contributed by atoms with Crippen molar-refractivity contribution >= 4 is 17.6 Å². The van der Waals surface area contributed by atoms with Gasteiger partial charge in [0.1, 0.15) is 6.17 Å². The first kappa shape index (κ1) is 8.70. The number of rotatable bonds is 1. The lowest BCUT2D eigenvalue weighted by molar-refractivity contribution is -0.525. The number of hydrogen-bond donors (Lipinski definition) is 4. The first-order valence-corrected chi connectivity index (χ1v) is 4.33. The van der Waals surface area contributed by atoms with E-state index in [0.29, 0.717) is 11.6 Å². The summed E-state index contributed by atoms with van der Waals surface area (Å²) in [4.78, 5) is 14.2. The molecule has 0 unspecified atom stereocenters. The number of guanidine groups is 1. The van der Waals surface area contributed by atoms with Crippen LogP contribution in [0.4, 0.5) is 11.6 Å². The summed E-state index contributed by atoms with van der Waals surface area (Å²) in [5.74, 6) is 0.933. The van der Waals surface area contributed by atoms with Gasteiger partial charge in [-0.2, -0.15) is 0 Å². The topological polar surface area (TPSA) is 143 Å². The average molecular weight is 226 g/mol. The highest BCUT2D eigenvalue weighted by Gasteiger charge is 2.36. The van der Waals surface area contributed by atoms with Crippen LogP contribution < -0.4 is 21.4 Å². The molecule has 2 aliphatic rings. The summed E-state index contributed by atoms with van der Waals surface area (Å²) in [6, 6.07) is 0. The number of aliphatic imine (C=N–C) groups is 1. The van der Waals surface area contributed by atoms with E-state index in [1.54, 1.807) is 0 Å². The molecule has 0 amide bonds. The van der Waals surface area contributed by atoms with Gasteiger partial charge in [-0.15, -0.1) is 0 Å². The van der Waals surface area contributed by atoms with Gasteiger partial charge in [-0.25, -0.2) is 19.7 Å². The quantitative estimate of drug-likeness (QED) is 0.325. The van der Waals surface area contributed by atoms with Crippen molar-refractivity contribution in [3.8, 4) is 0 Å². The predicted octanol–water partition coefficient (Wildman–Crippen LogP) is -1.70. The second-order valence-corrected chi connectivity index (χ2v) is 3.16. The van der Waals surface area contributed by atoms with E-state index in [9.17, 15) is 10.1 Å². The summed E-state index contributed by atoms with van der Waals surface area (Å²) in [6.07, 6.45) is -0.733. The van der Waals surface area contributed by atoms with Crippen molar-refractivity contribution in [1.82, 2.24) is 21.1 Å². The molecular formula is C5H6N8O3. The zero-order valence-electron chi connectivity index (χ0n) is 7.67. The Bertz CT molecular complexity index is 468. The number of nitrogens with zero attached hydrogens (tertiary/aromatic N) is 4. The Morgan fingerprint density at radius 2 is 2.06 bits per heavy atom. The van der Waals surface area contributed by atoms with Crippen molar-refractivity contribution in [3.63, 3.8) is 0 Å². The Morgan fingerprint density at radius 3 is 2.81 bits per heavy atom. The average Bonchev–Trinajstić information content (AvgIpc) is 2.76. The minimum absolute atomic E-state index is 0.0714. The van der Waals surface area contributed by atoms with Crippen LogP contribution in [0.2, 0.25) is 0 Å². The Balaban J connectivity index is 1.78. The van der Waals surface area contributed by atoms with E-state index < -0.39 is 11.2 Å². The van der Waals surface area contributed by atoms with Crippen molar-refractivity contribution < 1.29 is 9.66 Å². The molecule has 0 radical (unpaired) electrons. The highest BCUT2D eigenvalue weighted by atomic mass is 16.7. The lowest BCUT2D eigenvalue weighted by Crippen LogP contribution is -2.49. The normalized spacial score (nSPS) is 25.4. The summed E-state index contributed by atoms with van der Waals surface area (Å²) in [7, 11) is 0. The molecule has 4 N–H and O–H groups in total. The Morgan fingerprint density at radius 1 is 1.31 bits per heavy atom. The molecule has 1 aromatic rings. The number of hydrogen-bond acceptors (Lipinski definition) is 9. The van der Waals surface area contributed by atoms with Gasteiger partial charge in [0, 0.05) is 0 Å². The zero-order valence-corrected chi connectivity index (χ0v) is 7.67. The van der Waals surface area contributed by atoms with E-state index in [0.717, 1.165) is 0 Å².